The molecule has 0 N–H and O–H groups in total. The van der Waals surface area contributed by atoms with Gasteiger partial charge in [-0.25, -0.2) is 0 Å². The van der Waals surface area contributed by atoms with Gasteiger partial charge < -0.3 is 4.90 Å². The summed E-state index contributed by atoms with van der Waals surface area (Å²) in [5.41, 5.74) is 0. The molecule has 1 saturated heterocycles. The Morgan fingerprint density at radius 3 is 2.54 bits per heavy atom. The molecule has 1 heteroatoms. The maximum absolute atomic E-state index is 2.62. The van der Waals surface area contributed by atoms with Gasteiger partial charge in [0.1, 0.15) is 0 Å². The molecule has 2 aliphatic rings. The van der Waals surface area contributed by atoms with Gasteiger partial charge in [-0.15, -0.1) is 0 Å². The molecule has 2 rings (SSSR count). The topological polar surface area (TPSA) is 3.24 Å². The van der Waals surface area contributed by atoms with Crippen LogP contribution < -0.4 is 0 Å². The molecule has 0 aromatic carbocycles. The van der Waals surface area contributed by atoms with Crippen LogP contribution in [0.15, 0.2) is 0 Å². The predicted molar refractivity (Wildman–Crippen MR) is 56.7 cm³/mol. The molecule has 0 aromatic heterocycles. The largest absolute Gasteiger partial charge is 0.303 e. The van der Waals surface area contributed by atoms with Crippen molar-refractivity contribution in [3.63, 3.8) is 0 Å². The van der Waals surface area contributed by atoms with Gasteiger partial charge in [-0.1, -0.05) is 26.7 Å². The maximum Gasteiger partial charge on any atom is 0.0147 e. The van der Waals surface area contributed by atoms with Crippen LogP contribution in [-0.4, -0.2) is 24.5 Å². The summed E-state index contributed by atoms with van der Waals surface area (Å²) < 4.78 is 0. The first-order valence-electron chi connectivity index (χ1n) is 5.90. The first-order valence-corrected chi connectivity index (χ1v) is 5.90. The fraction of sp³-hybridized carbons (Fsp3) is 1.00. The molecule has 3 unspecified atom stereocenters. The Kier molecular flexibility index (Phi) is 2.64. The fourth-order valence-corrected chi connectivity index (χ4v) is 3.73. The molecule has 0 aromatic rings. The second-order valence-electron chi connectivity index (χ2n) is 5.38. The van der Waals surface area contributed by atoms with E-state index in [-0.39, 0.29) is 0 Å². The van der Waals surface area contributed by atoms with Gasteiger partial charge in [0.15, 0.2) is 0 Å². The van der Waals surface area contributed by atoms with Gasteiger partial charge in [-0.05, 0) is 37.6 Å². The average Bonchev–Trinajstić information content (AvgIpc) is 2.39. The van der Waals surface area contributed by atoms with Crippen LogP contribution in [0.25, 0.3) is 0 Å². The van der Waals surface area contributed by atoms with Gasteiger partial charge in [-0.2, -0.15) is 0 Å². The third kappa shape index (κ3) is 1.63. The summed E-state index contributed by atoms with van der Waals surface area (Å²) in [5, 5.41) is 0. The van der Waals surface area contributed by atoms with Gasteiger partial charge in [0.05, 0.1) is 0 Å². The summed E-state index contributed by atoms with van der Waals surface area (Å²) in [7, 11) is 2.32. The van der Waals surface area contributed by atoms with Crippen molar-refractivity contribution in [2.75, 3.05) is 13.6 Å². The smallest absolute Gasteiger partial charge is 0.0147 e. The van der Waals surface area contributed by atoms with Crippen LogP contribution in [0.3, 0.4) is 0 Å². The number of nitrogens with zero attached hydrogens (tertiary/aromatic N) is 1. The van der Waals surface area contributed by atoms with Crippen molar-refractivity contribution in [3.05, 3.63) is 0 Å². The lowest BCUT2D eigenvalue weighted by molar-refractivity contribution is 0.186. The SMILES string of the molecule is CC(C)C1C2CCCCC2CN1C. The van der Waals surface area contributed by atoms with Gasteiger partial charge in [0.2, 0.25) is 0 Å². The lowest BCUT2D eigenvalue weighted by atomic mass is 9.76. The van der Waals surface area contributed by atoms with E-state index >= 15 is 0 Å². The lowest BCUT2D eigenvalue weighted by Gasteiger charge is -2.32. The third-order valence-electron chi connectivity index (χ3n) is 4.12. The Morgan fingerprint density at radius 1 is 1.15 bits per heavy atom. The first-order chi connectivity index (χ1) is 6.20. The highest BCUT2D eigenvalue weighted by atomic mass is 15.2. The minimum Gasteiger partial charge on any atom is -0.303 e. The van der Waals surface area contributed by atoms with Crippen LogP contribution in [0.5, 0.6) is 0 Å². The summed E-state index contributed by atoms with van der Waals surface area (Å²) in [6.07, 6.45) is 5.97. The Labute approximate surface area is 82.5 Å². The minimum atomic E-state index is 0.845. The number of hydrogen-bond acceptors (Lipinski definition) is 1. The Hall–Kier alpha value is -0.0400. The molecule has 3 atom stereocenters. The summed E-state index contributed by atoms with van der Waals surface area (Å²) in [6.45, 7) is 6.14. The maximum atomic E-state index is 2.62. The highest BCUT2D eigenvalue weighted by molar-refractivity contribution is 4.94. The molecule has 1 heterocycles. The molecular formula is C12H23N. The van der Waals surface area contributed by atoms with E-state index in [4.69, 9.17) is 0 Å². The van der Waals surface area contributed by atoms with Crippen LogP contribution >= 0.6 is 0 Å². The molecule has 76 valence electrons. The minimum absolute atomic E-state index is 0.845. The van der Waals surface area contributed by atoms with E-state index in [9.17, 15) is 0 Å². The van der Waals surface area contributed by atoms with Crippen molar-refractivity contribution in [1.82, 2.24) is 4.90 Å². The van der Waals surface area contributed by atoms with Crippen molar-refractivity contribution in [2.24, 2.45) is 17.8 Å². The molecule has 1 saturated carbocycles. The first kappa shape index (κ1) is 9.51. The molecular weight excluding hydrogens is 158 g/mol. The molecule has 0 bridgehead atoms. The van der Waals surface area contributed by atoms with E-state index in [1.807, 2.05) is 0 Å². The van der Waals surface area contributed by atoms with Crippen molar-refractivity contribution < 1.29 is 0 Å². The van der Waals surface area contributed by atoms with Crippen molar-refractivity contribution in [3.8, 4) is 0 Å². The summed E-state index contributed by atoms with van der Waals surface area (Å²) in [5.74, 6) is 2.91. The zero-order valence-corrected chi connectivity index (χ0v) is 9.29. The Bertz CT molecular complexity index is 176. The van der Waals surface area contributed by atoms with Gasteiger partial charge in [0.25, 0.3) is 0 Å². The highest BCUT2D eigenvalue weighted by Gasteiger charge is 2.41. The van der Waals surface area contributed by atoms with Crippen molar-refractivity contribution >= 4 is 0 Å². The predicted octanol–water partition coefficient (Wildman–Crippen LogP) is 2.76. The van der Waals surface area contributed by atoms with E-state index < -0.39 is 0 Å². The summed E-state index contributed by atoms with van der Waals surface area (Å²) >= 11 is 0. The van der Waals surface area contributed by atoms with Crippen LogP contribution in [0.2, 0.25) is 0 Å². The van der Waals surface area contributed by atoms with Crippen molar-refractivity contribution in [1.29, 1.82) is 0 Å². The molecule has 2 fully saturated rings. The molecule has 1 aliphatic heterocycles. The number of fused-ring (bicyclic) bond motifs is 1. The highest BCUT2D eigenvalue weighted by Crippen LogP contribution is 2.41. The molecule has 13 heavy (non-hydrogen) atoms. The molecule has 0 amide bonds. The van der Waals surface area contributed by atoms with E-state index in [0.717, 1.165) is 23.8 Å². The summed E-state index contributed by atoms with van der Waals surface area (Å²) in [4.78, 5) is 2.62. The van der Waals surface area contributed by atoms with E-state index in [2.05, 4.69) is 25.8 Å². The van der Waals surface area contributed by atoms with Crippen LogP contribution in [0.4, 0.5) is 0 Å². The van der Waals surface area contributed by atoms with Gasteiger partial charge in [-0.3, -0.25) is 0 Å². The van der Waals surface area contributed by atoms with Gasteiger partial charge >= 0.3 is 0 Å². The Morgan fingerprint density at radius 2 is 1.85 bits per heavy atom. The number of hydrogen-bond donors (Lipinski definition) is 0. The second kappa shape index (κ2) is 3.61. The normalized spacial score (nSPS) is 41.1. The number of rotatable bonds is 1. The van der Waals surface area contributed by atoms with E-state index in [1.54, 1.807) is 0 Å². The zero-order valence-electron chi connectivity index (χ0n) is 9.29. The monoisotopic (exact) mass is 181 g/mol. The number of likely N-dealkylation sites (tertiary alicyclic amines) is 1. The van der Waals surface area contributed by atoms with E-state index in [0.29, 0.717) is 0 Å². The fourth-order valence-electron chi connectivity index (χ4n) is 3.73. The lowest BCUT2D eigenvalue weighted by Crippen LogP contribution is -2.34. The molecule has 1 nitrogen and oxygen atoms in total. The zero-order chi connectivity index (χ0) is 9.42. The van der Waals surface area contributed by atoms with E-state index in [1.165, 1.54) is 32.2 Å². The van der Waals surface area contributed by atoms with Crippen LogP contribution in [0.1, 0.15) is 39.5 Å². The Balaban J connectivity index is 2.09. The standard InChI is InChI=1S/C12H23N/c1-9(2)12-11-7-5-4-6-10(11)8-13(12)3/h9-12H,4-8H2,1-3H3. The van der Waals surface area contributed by atoms with Crippen LogP contribution in [-0.2, 0) is 0 Å². The third-order valence-corrected chi connectivity index (χ3v) is 4.12. The molecule has 0 radical (unpaired) electrons. The summed E-state index contributed by atoms with van der Waals surface area (Å²) in [6, 6.07) is 0.880. The quantitative estimate of drug-likeness (QED) is 0.601. The average molecular weight is 181 g/mol. The molecule has 0 spiro atoms. The van der Waals surface area contributed by atoms with Crippen molar-refractivity contribution in [2.45, 2.75) is 45.6 Å². The molecule has 1 aliphatic carbocycles. The second-order valence-corrected chi connectivity index (χ2v) is 5.38. The van der Waals surface area contributed by atoms with Gasteiger partial charge in [0, 0.05) is 12.6 Å². The van der Waals surface area contributed by atoms with Crippen LogP contribution in [0, 0.1) is 17.8 Å².